The van der Waals surface area contributed by atoms with E-state index in [1.165, 1.54) is 108 Å². The van der Waals surface area contributed by atoms with E-state index in [0.29, 0.717) is 0 Å². The Hall–Kier alpha value is 0.756. The van der Waals surface area contributed by atoms with Crippen molar-refractivity contribution >= 4 is 16.0 Å². The summed E-state index contributed by atoms with van der Waals surface area (Å²) < 4.78 is 31.7. The van der Waals surface area contributed by atoms with Crippen LogP contribution >= 0.6 is 0 Å². The van der Waals surface area contributed by atoms with E-state index in [4.69, 9.17) is 0 Å². The summed E-state index contributed by atoms with van der Waals surface area (Å²) in [7, 11) is -2.57. The summed E-state index contributed by atoms with van der Waals surface area (Å²) in [5.74, 6) is -0.562. The van der Waals surface area contributed by atoms with Gasteiger partial charge in [0.15, 0.2) is 0 Å². The van der Waals surface area contributed by atoms with Crippen LogP contribution in [0.5, 0.6) is 0 Å². The molecular weight excluding hydrogens is 461 g/mol. The van der Waals surface area contributed by atoms with E-state index in [-0.39, 0.29) is 70.3 Å². The monoisotopic (exact) mass is 511 g/mol. The number of carbonyl (C=O) groups is 1. The zero-order valence-electron chi connectivity index (χ0n) is 22.0. The third kappa shape index (κ3) is 28.9. The van der Waals surface area contributed by atoms with Gasteiger partial charge >= 0.3 is 51.4 Å². The minimum absolute atomic E-state index is 0. The maximum Gasteiger partial charge on any atom is 1.00 e. The average Bonchev–Trinajstić information content (AvgIpc) is 2.74. The molecule has 0 N–H and O–H groups in total. The van der Waals surface area contributed by atoms with Crippen molar-refractivity contribution in [3.8, 4) is 0 Å². The molecule has 0 aliphatic carbocycles. The number of nitrogens with zero attached hydrogens (tertiary/aromatic N) is 1. The first-order valence-electron chi connectivity index (χ1n) is 13.2. The van der Waals surface area contributed by atoms with Gasteiger partial charge in [-0.05, 0) is 25.3 Å². The molecule has 0 saturated heterocycles. The first-order chi connectivity index (χ1) is 15.4. The van der Waals surface area contributed by atoms with E-state index in [9.17, 15) is 17.8 Å². The third-order valence-corrected chi connectivity index (χ3v) is 6.79. The molecule has 0 aliphatic rings. The molecule has 0 aliphatic heterocycles. The molecule has 0 atom stereocenters. The Balaban J connectivity index is 0. The van der Waals surface area contributed by atoms with E-state index >= 15 is 0 Å². The van der Waals surface area contributed by atoms with E-state index in [0.717, 1.165) is 12.8 Å². The van der Waals surface area contributed by atoms with Crippen molar-refractivity contribution in [2.75, 3.05) is 19.3 Å². The topological polar surface area (TPSA) is 77.5 Å². The Labute approximate surface area is 248 Å². The van der Waals surface area contributed by atoms with Crippen molar-refractivity contribution < 1.29 is 69.1 Å². The van der Waals surface area contributed by atoms with Crippen LogP contribution in [0.15, 0.2) is 12.2 Å². The molecule has 190 valence electrons. The van der Waals surface area contributed by atoms with Gasteiger partial charge in [-0.1, -0.05) is 116 Å². The number of unbranched alkanes of at least 4 members (excludes halogenated alkanes) is 17. The second kappa shape index (κ2) is 25.8. The maximum atomic E-state index is 11.9. The van der Waals surface area contributed by atoms with Crippen LogP contribution in [0.25, 0.3) is 0 Å². The van der Waals surface area contributed by atoms with Crippen LogP contribution in [0.3, 0.4) is 0 Å². The SMILES string of the molecule is CCCCCCCCCCCCCCCCCCC/C=C/C(=O)N(C)CCCS(=O)(=O)[O-].[K+]. The number of amides is 1. The number of carbonyl (C=O) groups excluding carboxylic acids is 1. The van der Waals surface area contributed by atoms with Crippen molar-refractivity contribution in [2.45, 2.75) is 129 Å². The molecule has 1 amide bonds. The normalized spacial score (nSPS) is 11.6. The van der Waals surface area contributed by atoms with Crippen LogP contribution in [0.1, 0.15) is 129 Å². The Kier molecular flexibility index (Phi) is 28.1. The summed E-state index contributed by atoms with van der Waals surface area (Å²) in [6.07, 6.45) is 27.6. The van der Waals surface area contributed by atoms with Gasteiger partial charge in [-0.15, -0.1) is 0 Å². The fourth-order valence-electron chi connectivity index (χ4n) is 3.89. The predicted octanol–water partition coefficient (Wildman–Crippen LogP) is 3.98. The number of allylic oxidation sites excluding steroid dienone is 1. The molecule has 0 heterocycles. The van der Waals surface area contributed by atoms with Gasteiger partial charge in [0.1, 0.15) is 0 Å². The van der Waals surface area contributed by atoms with Gasteiger partial charge in [0.05, 0.1) is 10.1 Å². The zero-order chi connectivity index (χ0) is 23.9. The van der Waals surface area contributed by atoms with Crippen molar-refractivity contribution in [2.24, 2.45) is 0 Å². The Bertz CT molecular complexity index is 567. The van der Waals surface area contributed by atoms with Gasteiger partial charge in [0.2, 0.25) is 5.91 Å². The van der Waals surface area contributed by atoms with Crippen molar-refractivity contribution in [3.63, 3.8) is 0 Å². The van der Waals surface area contributed by atoms with E-state index < -0.39 is 15.9 Å². The molecule has 5 nitrogen and oxygen atoms in total. The molecule has 0 saturated carbocycles. The standard InChI is InChI=1S/C26H51NO4S.K/c1-3-4-5-6-7-8-9-10-11-12-13-14-15-16-17-18-19-20-21-23-26(28)27(2)24-22-25-32(29,30)31;/h21,23H,3-20,22,24-25H2,1-2H3,(H,29,30,31);/q;+1/p-1/b23-21+;. The summed E-state index contributed by atoms with van der Waals surface area (Å²) >= 11 is 0. The predicted molar refractivity (Wildman–Crippen MR) is 135 cm³/mol. The number of hydrogen-bond acceptors (Lipinski definition) is 4. The van der Waals surface area contributed by atoms with Crippen molar-refractivity contribution in [3.05, 3.63) is 12.2 Å². The van der Waals surface area contributed by atoms with E-state index in [1.807, 2.05) is 6.08 Å². The van der Waals surface area contributed by atoms with Crippen LogP contribution in [-0.4, -0.2) is 43.1 Å². The molecule has 0 aromatic rings. The summed E-state index contributed by atoms with van der Waals surface area (Å²) in [6, 6.07) is 0. The van der Waals surface area contributed by atoms with Crippen molar-refractivity contribution in [1.82, 2.24) is 4.90 Å². The first-order valence-corrected chi connectivity index (χ1v) is 14.8. The first kappa shape index (κ1) is 35.9. The molecule has 7 heteroatoms. The molecule has 0 spiro atoms. The van der Waals surface area contributed by atoms with Crippen LogP contribution < -0.4 is 51.4 Å². The van der Waals surface area contributed by atoms with E-state index in [2.05, 4.69) is 6.92 Å². The quantitative estimate of drug-likeness (QED) is 0.0900. The molecular formula is C26H50KNO4S. The summed E-state index contributed by atoms with van der Waals surface area (Å²) in [5, 5.41) is 0. The molecule has 0 aromatic heterocycles. The Morgan fingerprint density at radius 3 is 1.52 bits per heavy atom. The van der Waals surface area contributed by atoms with Gasteiger partial charge in [0, 0.05) is 19.3 Å². The molecule has 0 rings (SSSR count). The maximum absolute atomic E-state index is 11.9. The summed E-state index contributed by atoms with van der Waals surface area (Å²) in [4.78, 5) is 13.3. The van der Waals surface area contributed by atoms with Crippen LogP contribution in [0.2, 0.25) is 0 Å². The molecule has 0 aromatic carbocycles. The summed E-state index contributed by atoms with van der Waals surface area (Å²) in [5.41, 5.74) is 0. The second-order valence-electron chi connectivity index (χ2n) is 9.22. The molecule has 0 fully saturated rings. The fraction of sp³-hybridized carbons (Fsp3) is 0.885. The number of rotatable bonds is 23. The largest absolute Gasteiger partial charge is 1.00 e. The molecule has 0 radical (unpaired) electrons. The number of hydrogen-bond donors (Lipinski definition) is 0. The Morgan fingerprint density at radius 1 is 0.727 bits per heavy atom. The number of likely N-dealkylation sites (N-methyl/N-ethyl adjacent to an activating group) is 1. The minimum atomic E-state index is -4.20. The van der Waals surface area contributed by atoms with Crippen LogP contribution in [0, 0.1) is 0 Å². The summed E-state index contributed by atoms with van der Waals surface area (Å²) in [6.45, 7) is 2.55. The van der Waals surface area contributed by atoms with Crippen LogP contribution in [0.4, 0.5) is 0 Å². The Morgan fingerprint density at radius 2 is 1.12 bits per heavy atom. The third-order valence-electron chi connectivity index (χ3n) is 6.00. The minimum Gasteiger partial charge on any atom is -0.748 e. The van der Waals surface area contributed by atoms with Gasteiger partial charge in [0.25, 0.3) is 0 Å². The smallest absolute Gasteiger partial charge is 0.748 e. The average molecular weight is 512 g/mol. The van der Waals surface area contributed by atoms with Crippen LogP contribution in [-0.2, 0) is 14.9 Å². The molecule has 0 unspecified atom stereocenters. The van der Waals surface area contributed by atoms with E-state index in [1.54, 1.807) is 13.1 Å². The molecule has 0 bridgehead atoms. The zero-order valence-corrected chi connectivity index (χ0v) is 25.9. The fourth-order valence-corrected chi connectivity index (χ4v) is 4.37. The van der Waals surface area contributed by atoms with Gasteiger partial charge in [-0.2, -0.15) is 0 Å². The molecule has 33 heavy (non-hydrogen) atoms. The van der Waals surface area contributed by atoms with Crippen molar-refractivity contribution in [1.29, 1.82) is 0 Å². The van der Waals surface area contributed by atoms with Gasteiger partial charge in [-0.3, -0.25) is 4.79 Å². The second-order valence-corrected chi connectivity index (χ2v) is 10.7. The van der Waals surface area contributed by atoms with Gasteiger partial charge in [-0.25, -0.2) is 8.42 Å². The van der Waals surface area contributed by atoms with Gasteiger partial charge < -0.3 is 9.45 Å².